The van der Waals surface area contributed by atoms with Crippen LogP contribution in [-0.4, -0.2) is 7.85 Å². The average molecular weight is 164 g/mol. The van der Waals surface area contributed by atoms with Crippen molar-refractivity contribution < 1.29 is 13.2 Å². The average Bonchev–Trinajstić information content (AvgIpc) is 2.11. The van der Waals surface area contributed by atoms with Crippen LogP contribution in [0.25, 0.3) is 0 Å². The van der Waals surface area contributed by atoms with Gasteiger partial charge in [-0.1, -0.05) is 6.07 Å². The first kappa shape index (κ1) is 7.66. The molecule has 0 N–H and O–H groups in total. The summed E-state index contributed by atoms with van der Waals surface area (Å²) in [6, 6.07) is 2.56. The van der Waals surface area contributed by atoms with Gasteiger partial charge in [-0.15, -0.1) is 11.3 Å². The van der Waals surface area contributed by atoms with E-state index >= 15 is 0 Å². The molecule has 1 aromatic rings. The lowest BCUT2D eigenvalue weighted by Gasteiger charge is -1.99. The lowest BCUT2D eigenvalue weighted by molar-refractivity contribution is -0.134. The molecule has 0 saturated carbocycles. The lowest BCUT2D eigenvalue weighted by atomic mass is 10.1. The summed E-state index contributed by atoms with van der Waals surface area (Å²) in [6.07, 6.45) is -4.17. The fraction of sp³-hybridized carbons (Fsp3) is 0.200. The summed E-state index contributed by atoms with van der Waals surface area (Å²) in [5.41, 5.74) is 0. The minimum absolute atomic E-state index is 0.523. The second-order valence-electron chi connectivity index (χ2n) is 1.91. The Hall–Kier alpha value is -0.445. The van der Waals surface area contributed by atoms with Crippen molar-refractivity contribution in [2.45, 2.75) is 6.18 Å². The quantitative estimate of drug-likeness (QED) is 0.502. The van der Waals surface area contributed by atoms with E-state index in [9.17, 15) is 13.2 Å². The number of thiophene rings is 1. The Balaban J connectivity index is 2.96. The highest BCUT2D eigenvalue weighted by atomic mass is 32.1. The minimum Gasteiger partial charge on any atom is -0.165 e. The fourth-order valence-electron chi connectivity index (χ4n) is 0.587. The van der Waals surface area contributed by atoms with Crippen molar-refractivity contribution in [3.63, 3.8) is 0 Å². The molecule has 0 atom stereocenters. The van der Waals surface area contributed by atoms with Crippen LogP contribution < -0.4 is 4.78 Å². The molecule has 0 aliphatic rings. The molecule has 0 nitrogen and oxygen atoms in total. The van der Waals surface area contributed by atoms with Crippen molar-refractivity contribution in [1.29, 1.82) is 0 Å². The number of hydrogen-bond donors (Lipinski definition) is 0. The predicted octanol–water partition coefficient (Wildman–Crippen LogP) is 1.03. The van der Waals surface area contributed by atoms with E-state index in [1.54, 1.807) is 7.85 Å². The summed E-state index contributed by atoms with van der Waals surface area (Å²) in [5.74, 6) is 0. The maximum atomic E-state index is 11.8. The van der Waals surface area contributed by atoms with Gasteiger partial charge in [0, 0.05) is 0 Å². The zero-order chi connectivity index (χ0) is 7.78. The summed E-state index contributed by atoms with van der Waals surface area (Å²) in [4.78, 5) is -0.523. The third-order valence-corrected chi connectivity index (χ3v) is 2.07. The standard InChI is InChI=1S/C5H4BF3S/c6-4-2-1-3(10-4)5(7,8)9/h1-2H,6H2. The minimum atomic E-state index is -4.17. The van der Waals surface area contributed by atoms with Crippen molar-refractivity contribution in [3.05, 3.63) is 17.0 Å². The Morgan fingerprint density at radius 3 is 2.10 bits per heavy atom. The summed E-state index contributed by atoms with van der Waals surface area (Å²) in [7, 11) is 1.65. The maximum absolute atomic E-state index is 11.8. The molecule has 1 rings (SSSR count). The first-order chi connectivity index (χ1) is 4.50. The molecule has 0 radical (unpaired) electrons. The molecular formula is C5H4BF3S. The molecule has 0 aliphatic heterocycles. The first-order valence-electron chi connectivity index (χ1n) is 2.64. The molecule has 0 fully saturated rings. The van der Waals surface area contributed by atoms with Crippen molar-refractivity contribution in [3.8, 4) is 0 Å². The third-order valence-electron chi connectivity index (χ3n) is 1.02. The van der Waals surface area contributed by atoms with Crippen LogP contribution >= 0.6 is 11.3 Å². The van der Waals surface area contributed by atoms with Gasteiger partial charge in [0.25, 0.3) is 0 Å². The van der Waals surface area contributed by atoms with E-state index < -0.39 is 11.1 Å². The van der Waals surface area contributed by atoms with Crippen LogP contribution in [0.1, 0.15) is 4.88 Å². The largest absolute Gasteiger partial charge is 0.425 e. The van der Waals surface area contributed by atoms with E-state index in [-0.39, 0.29) is 0 Å². The first-order valence-corrected chi connectivity index (χ1v) is 3.45. The van der Waals surface area contributed by atoms with Gasteiger partial charge in [0.05, 0.1) is 0 Å². The summed E-state index contributed by atoms with van der Waals surface area (Å²) < 4.78 is 36.1. The van der Waals surface area contributed by atoms with E-state index in [0.717, 1.165) is 17.4 Å². The number of alkyl halides is 3. The molecule has 0 saturated heterocycles. The van der Waals surface area contributed by atoms with Gasteiger partial charge in [0.1, 0.15) is 4.88 Å². The van der Waals surface area contributed by atoms with Gasteiger partial charge in [-0.25, -0.2) is 0 Å². The highest BCUT2D eigenvalue weighted by Gasteiger charge is 2.31. The Bertz CT molecular complexity index is 227. The number of rotatable bonds is 0. The van der Waals surface area contributed by atoms with Gasteiger partial charge in [-0.3, -0.25) is 0 Å². The molecule has 10 heavy (non-hydrogen) atoms. The maximum Gasteiger partial charge on any atom is 0.425 e. The second kappa shape index (κ2) is 2.30. The van der Waals surface area contributed by atoms with Crippen LogP contribution in [0.5, 0.6) is 0 Å². The second-order valence-corrected chi connectivity index (χ2v) is 3.20. The lowest BCUT2D eigenvalue weighted by Crippen LogP contribution is -2.01. The van der Waals surface area contributed by atoms with Crippen molar-refractivity contribution in [2.75, 3.05) is 0 Å². The molecule has 5 heteroatoms. The number of hydrogen-bond acceptors (Lipinski definition) is 1. The number of halogens is 3. The van der Waals surface area contributed by atoms with Crippen LogP contribution in [0.4, 0.5) is 13.2 Å². The summed E-state index contributed by atoms with van der Waals surface area (Å²) in [6.45, 7) is 0. The van der Waals surface area contributed by atoms with Crippen LogP contribution in [0.3, 0.4) is 0 Å². The summed E-state index contributed by atoms with van der Waals surface area (Å²) >= 11 is 0.770. The fourth-order valence-corrected chi connectivity index (χ4v) is 1.32. The van der Waals surface area contributed by atoms with Crippen LogP contribution in [0, 0.1) is 0 Å². The highest BCUT2D eigenvalue weighted by molar-refractivity contribution is 7.20. The summed E-state index contributed by atoms with van der Waals surface area (Å²) in [5, 5.41) is 0. The zero-order valence-electron chi connectivity index (χ0n) is 5.20. The van der Waals surface area contributed by atoms with Gasteiger partial charge in [-0.05, 0) is 10.8 Å². The van der Waals surface area contributed by atoms with E-state index in [1.807, 2.05) is 0 Å². The zero-order valence-corrected chi connectivity index (χ0v) is 6.01. The molecule has 54 valence electrons. The molecule has 0 spiro atoms. The molecule has 0 aliphatic carbocycles. The molecule has 0 bridgehead atoms. The Morgan fingerprint density at radius 1 is 1.30 bits per heavy atom. The van der Waals surface area contributed by atoms with Crippen LogP contribution in [-0.2, 0) is 6.18 Å². The van der Waals surface area contributed by atoms with Crippen LogP contribution in [0.2, 0.25) is 0 Å². The Morgan fingerprint density at radius 2 is 1.90 bits per heavy atom. The smallest absolute Gasteiger partial charge is 0.165 e. The Labute approximate surface area is 61.1 Å². The predicted molar refractivity (Wildman–Crippen MR) is 37.5 cm³/mol. The van der Waals surface area contributed by atoms with E-state index in [2.05, 4.69) is 0 Å². The van der Waals surface area contributed by atoms with Gasteiger partial charge in [-0.2, -0.15) is 13.2 Å². The van der Waals surface area contributed by atoms with Crippen molar-refractivity contribution in [2.24, 2.45) is 0 Å². The molecule has 0 aromatic carbocycles. The van der Waals surface area contributed by atoms with Gasteiger partial charge >= 0.3 is 6.18 Å². The highest BCUT2D eigenvalue weighted by Crippen LogP contribution is 2.31. The Kier molecular flexibility index (Phi) is 1.77. The molecule has 1 heterocycles. The molecule has 1 aromatic heterocycles. The van der Waals surface area contributed by atoms with E-state index in [4.69, 9.17) is 0 Å². The SMILES string of the molecule is Bc1ccc(C(F)(F)F)s1. The van der Waals surface area contributed by atoms with Crippen molar-refractivity contribution >= 4 is 24.0 Å². The van der Waals surface area contributed by atoms with Gasteiger partial charge in [0.2, 0.25) is 0 Å². The van der Waals surface area contributed by atoms with Gasteiger partial charge < -0.3 is 0 Å². The van der Waals surface area contributed by atoms with E-state index in [1.165, 1.54) is 6.07 Å². The topological polar surface area (TPSA) is 0 Å². The van der Waals surface area contributed by atoms with Crippen molar-refractivity contribution in [1.82, 2.24) is 0 Å². The molecule has 0 unspecified atom stereocenters. The third kappa shape index (κ3) is 1.53. The molecular weight excluding hydrogens is 160 g/mol. The van der Waals surface area contributed by atoms with Crippen LogP contribution in [0.15, 0.2) is 12.1 Å². The monoisotopic (exact) mass is 164 g/mol. The van der Waals surface area contributed by atoms with E-state index in [0.29, 0.717) is 4.78 Å². The van der Waals surface area contributed by atoms with Gasteiger partial charge in [0.15, 0.2) is 7.85 Å². The normalized spacial score (nSPS) is 11.9. The molecule has 0 amide bonds.